The number of hydrogen-bond donors (Lipinski definition) is 3. The standard InChI is InChI=1S/C16H19N5O4S/c1-18-16(17)20-14-12-9-11(5-4-10(12)6-7-19-14)26(24,25)21-8-2-3-13(21)15(22)23/h4-7,9,13H,2-3,8H2,1H3,(H,22,23)(H3,17,18,19,20)/t13-/m1/s1. The number of nitrogens with zero attached hydrogens (tertiary/aromatic N) is 3. The molecule has 0 unspecified atom stereocenters. The van der Waals surface area contributed by atoms with Gasteiger partial charge in [0.1, 0.15) is 11.9 Å². The van der Waals surface area contributed by atoms with Gasteiger partial charge in [-0.15, -0.1) is 0 Å². The summed E-state index contributed by atoms with van der Waals surface area (Å²) in [5.41, 5.74) is 5.68. The van der Waals surface area contributed by atoms with Crippen LogP contribution in [0.3, 0.4) is 0 Å². The van der Waals surface area contributed by atoms with Crippen molar-refractivity contribution in [3.05, 3.63) is 30.5 Å². The van der Waals surface area contributed by atoms with Gasteiger partial charge >= 0.3 is 5.97 Å². The Morgan fingerprint density at radius 3 is 2.88 bits per heavy atom. The summed E-state index contributed by atoms with van der Waals surface area (Å²) in [7, 11) is -2.42. The highest BCUT2D eigenvalue weighted by atomic mass is 32.2. The predicted octanol–water partition coefficient (Wildman–Crippen LogP) is 0.829. The number of sulfonamides is 1. The van der Waals surface area contributed by atoms with Crippen molar-refractivity contribution < 1.29 is 18.3 Å². The molecule has 3 rings (SSSR count). The van der Waals surface area contributed by atoms with E-state index in [0.29, 0.717) is 24.0 Å². The maximum absolute atomic E-state index is 13.0. The van der Waals surface area contributed by atoms with Gasteiger partial charge < -0.3 is 16.2 Å². The van der Waals surface area contributed by atoms with Crippen molar-refractivity contribution in [1.29, 1.82) is 0 Å². The van der Waals surface area contributed by atoms with E-state index in [1.165, 1.54) is 19.2 Å². The van der Waals surface area contributed by atoms with E-state index in [4.69, 9.17) is 5.73 Å². The zero-order chi connectivity index (χ0) is 18.9. The van der Waals surface area contributed by atoms with Crippen LogP contribution in [0.25, 0.3) is 10.8 Å². The highest BCUT2D eigenvalue weighted by Crippen LogP contribution is 2.30. The number of carbonyl (C=O) groups is 1. The first kappa shape index (κ1) is 18.1. The molecule has 10 heteroatoms. The van der Waals surface area contributed by atoms with Gasteiger partial charge in [0.05, 0.1) is 4.90 Å². The van der Waals surface area contributed by atoms with Crippen molar-refractivity contribution in [2.45, 2.75) is 23.8 Å². The lowest BCUT2D eigenvalue weighted by Gasteiger charge is -2.21. The smallest absolute Gasteiger partial charge is 0.322 e. The van der Waals surface area contributed by atoms with Gasteiger partial charge in [-0.3, -0.25) is 9.79 Å². The Labute approximate surface area is 150 Å². The third-order valence-electron chi connectivity index (χ3n) is 4.32. The summed E-state index contributed by atoms with van der Waals surface area (Å²) in [5, 5.41) is 13.4. The molecule has 0 radical (unpaired) electrons. The number of benzene rings is 1. The van der Waals surface area contributed by atoms with E-state index in [9.17, 15) is 18.3 Å². The largest absolute Gasteiger partial charge is 0.480 e. The van der Waals surface area contributed by atoms with E-state index >= 15 is 0 Å². The monoisotopic (exact) mass is 377 g/mol. The van der Waals surface area contributed by atoms with Gasteiger partial charge in [-0.05, 0) is 36.4 Å². The maximum Gasteiger partial charge on any atom is 0.322 e. The van der Waals surface area contributed by atoms with Gasteiger partial charge in [0.15, 0.2) is 5.96 Å². The predicted molar refractivity (Wildman–Crippen MR) is 97.5 cm³/mol. The van der Waals surface area contributed by atoms with Crippen molar-refractivity contribution in [2.75, 3.05) is 18.9 Å². The summed E-state index contributed by atoms with van der Waals surface area (Å²) >= 11 is 0. The molecule has 0 spiro atoms. The van der Waals surface area contributed by atoms with Crippen molar-refractivity contribution >= 4 is 38.5 Å². The second-order valence-electron chi connectivity index (χ2n) is 5.89. The number of aliphatic carboxylic acids is 1. The number of pyridine rings is 1. The second kappa shape index (κ2) is 6.89. The first-order valence-electron chi connectivity index (χ1n) is 7.97. The summed E-state index contributed by atoms with van der Waals surface area (Å²) in [4.78, 5) is 19.4. The minimum Gasteiger partial charge on any atom is -0.480 e. The molecule has 0 aliphatic carbocycles. The third-order valence-corrected chi connectivity index (χ3v) is 6.22. The molecule has 2 aromatic rings. The van der Waals surface area contributed by atoms with Crippen LogP contribution in [0.1, 0.15) is 12.8 Å². The van der Waals surface area contributed by atoms with Crippen molar-refractivity contribution in [3.8, 4) is 0 Å². The number of aromatic nitrogens is 1. The summed E-state index contributed by atoms with van der Waals surface area (Å²) in [6.45, 7) is 0.185. The summed E-state index contributed by atoms with van der Waals surface area (Å²) in [6, 6.07) is 5.30. The fourth-order valence-corrected chi connectivity index (χ4v) is 4.67. The van der Waals surface area contributed by atoms with Crippen LogP contribution < -0.4 is 11.1 Å². The number of aliphatic imine (C=N–C) groups is 1. The minimum absolute atomic E-state index is 0.0150. The number of nitrogens with one attached hydrogen (secondary N) is 1. The highest BCUT2D eigenvalue weighted by Gasteiger charge is 2.39. The fourth-order valence-electron chi connectivity index (χ4n) is 2.99. The van der Waals surface area contributed by atoms with Gasteiger partial charge in [0, 0.05) is 25.2 Å². The molecule has 2 heterocycles. The lowest BCUT2D eigenvalue weighted by molar-refractivity contribution is -0.140. The Morgan fingerprint density at radius 2 is 2.19 bits per heavy atom. The van der Waals surface area contributed by atoms with Crippen molar-refractivity contribution in [3.63, 3.8) is 0 Å². The number of fused-ring (bicyclic) bond motifs is 1. The first-order valence-corrected chi connectivity index (χ1v) is 9.41. The number of guanidine groups is 1. The lowest BCUT2D eigenvalue weighted by Crippen LogP contribution is -2.40. The normalized spacial score (nSPS) is 19.0. The van der Waals surface area contributed by atoms with Gasteiger partial charge in [-0.2, -0.15) is 4.31 Å². The Kier molecular flexibility index (Phi) is 4.79. The number of hydrogen-bond acceptors (Lipinski definition) is 5. The molecule has 9 nitrogen and oxygen atoms in total. The van der Waals surface area contributed by atoms with Crippen molar-refractivity contribution in [1.82, 2.24) is 9.29 Å². The summed E-state index contributed by atoms with van der Waals surface area (Å²) in [5.74, 6) is -0.620. The molecule has 138 valence electrons. The van der Waals surface area contributed by atoms with Crippen LogP contribution in [0, 0.1) is 0 Å². The average molecular weight is 377 g/mol. The fraction of sp³-hybridized carbons (Fsp3) is 0.312. The molecule has 0 amide bonds. The molecule has 1 aliphatic rings. The molecule has 1 saturated heterocycles. The van der Waals surface area contributed by atoms with Gasteiger partial charge in [-0.25, -0.2) is 13.4 Å². The van der Waals surface area contributed by atoms with Crippen molar-refractivity contribution in [2.24, 2.45) is 10.7 Å². The van der Waals surface area contributed by atoms with E-state index in [1.807, 2.05) is 0 Å². The molecular formula is C16H19N5O4S. The Bertz CT molecular complexity index is 989. The number of anilines is 1. The van der Waals surface area contributed by atoms with Gasteiger partial charge in [0.25, 0.3) is 0 Å². The van der Waals surface area contributed by atoms with Crippen LogP contribution in [0.4, 0.5) is 5.82 Å². The molecule has 26 heavy (non-hydrogen) atoms. The van der Waals surface area contributed by atoms with E-state index in [0.717, 1.165) is 9.69 Å². The second-order valence-corrected chi connectivity index (χ2v) is 7.78. The molecule has 4 N–H and O–H groups in total. The van der Waals surface area contributed by atoms with Gasteiger partial charge in [0.2, 0.25) is 10.0 Å². The molecule has 1 fully saturated rings. The minimum atomic E-state index is -3.94. The number of carboxylic acid groups (broad SMARTS) is 1. The third kappa shape index (κ3) is 3.20. The average Bonchev–Trinajstić information content (AvgIpc) is 3.12. The topological polar surface area (TPSA) is 138 Å². The highest BCUT2D eigenvalue weighted by molar-refractivity contribution is 7.89. The first-order chi connectivity index (χ1) is 12.3. The molecular weight excluding hydrogens is 358 g/mol. The summed E-state index contributed by atoms with van der Waals surface area (Å²) in [6.07, 6.45) is 2.39. The van der Waals surface area contributed by atoms with E-state index in [-0.39, 0.29) is 17.4 Å². The molecule has 1 aromatic carbocycles. The summed E-state index contributed by atoms with van der Waals surface area (Å²) < 4.78 is 27.0. The SMILES string of the molecule is CN=C(N)Nc1nccc2ccc(S(=O)(=O)N3CCC[C@@H]3C(=O)O)cc12. The maximum atomic E-state index is 13.0. The Morgan fingerprint density at radius 1 is 1.42 bits per heavy atom. The van der Waals surface area contributed by atoms with E-state index < -0.39 is 22.0 Å². The zero-order valence-corrected chi connectivity index (χ0v) is 14.9. The van der Waals surface area contributed by atoms with Crippen LogP contribution in [0.5, 0.6) is 0 Å². The lowest BCUT2D eigenvalue weighted by atomic mass is 10.1. The number of nitrogens with two attached hydrogens (primary N) is 1. The number of carboxylic acids is 1. The van der Waals surface area contributed by atoms with E-state index in [2.05, 4.69) is 15.3 Å². The molecule has 0 bridgehead atoms. The molecule has 1 atom stereocenters. The van der Waals surface area contributed by atoms with Gasteiger partial charge in [-0.1, -0.05) is 6.07 Å². The molecule has 1 aliphatic heterocycles. The van der Waals surface area contributed by atoms with E-state index in [1.54, 1.807) is 18.3 Å². The Hall–Kier alpha value is -2.72. The van der Waals surface area contributed by atoms with Crippen LogP contribution in [0.15, 0.2) is 40.4 Å². The zero-order valence-electron chi connectivity index (χ0n) is 14.1. The van der Waals surface area contributed by atoms with Crippen LogP contribution in [-0.2, 0) is 14.8 Å². The molecule has 0 saturated carbocycles. The quantitative estimate of drug-likeness (QED) is 0.530. The van der Waals surface area contributed by atoms with Crippen LogP contribution in [0.2, 0.25) is 0 Å². The Balaban J connectivity index is 2.08. The van der Waals surface area contributed by atoms with Crippen LogP contribution in [-0.4, -0.2) is 54.4 Å². The molecule has 1 aromatic heterocycles. The van der Waals surface area contributed by atoms with Crippen LogP contribution >= 0.6 is 0 Å². The number of rotatable bonds is 4.